The molecule has 1 fully saturated rings. The molecule has 158 valence electrons. The minimum Gasteiger partial charge on any atom is -0.496 e. The number of halogens is 1. The minimum atomic E-state index is -0.206. The second-order valence-corrected chi connectivity index (χ2v) is 9.57. The number of aromatic nitrogens is 3. The first-order chi connectivity index (χ1) is 14.2. The third-order valence-electron chi connectivity index (χ3n) is 5.52. The van der Waals surface area contributed by atoms with E-state index in [1.54, 1.807) is 19.5 Å². The summed E-state index contributed by atoms with van der Waals surface area (Å²) in [4.78, 5) is 9.41. The van der Waals surface area contributed by atoms with E-state index in [2.05, 4.69) is 43.4 Å². The summed E-state index contributed by atoms with van der Waals surface area (Å²) in [6.45, 7) is 8.62. The number of methoxy groups -OCH3 is 1. The zero-order valence-corrected chi connectivity index (χ0v) is 18.9. The van der Waals surface area contributed by atoms with E-state index in [4.69, 9.17) is 26.1 Å². The summed E-state index contributed by atoms with van der Waals surface area (Å²) in [6, 6.07) is 9.63. The van der Waals surface area contributed by atoms with Gasteiger partial charge < -0.3 is 9.47 Å². The molecule has 0 bridgehead atoms. The van der Waals surface area contributed by atoms with Crippen LogP contribution in [0.15, 0.2) is 48.9 Å². The Bertz CT molecular complexity index is 1020. The van der Waals surface area contributed by atoms with Crippen LogP contribution < -0.4 is 4.74 Å². The van der Waals surface area contributed by atoms with Crippen LogP contribution >= 0.6 is 11.6 Å². The molecule has 30 heavy (non-hydrogen) atoms. The predicted molar refractivity (Wildman–Crippen MR) is 120 cm³/mol. The molecule has 6 heteroatoms. The van der Waals surface area contributed by atoms with E-state index in [0.29, 0.717) is 10.9 Å². The van der Waals surface area contributed by atoms with E-state index < -0.39 is 0 Å². The summed E-state index contributed by atoms with van der Waals surface area (Å²) in [5, 5.41) is 0.701. The fourth-order valence-electron chi connectivity index (χ4n) is 4.61. The maximum absolute atomic E-state index is 6.29. The van der Waals surface area contributed by atoms with Crippen LogP contribution in [0.1, 0.15) is 52.1 Å². The Labute approximate surface area is 183 Å². The highest BCUT2D eigenvalue weighted by atomic mass is 35.5. The van der Waals surface area contributed by atoms with Gasteiger partial charge in [0.15, 0.2) is 0 Å². The number of pyridine rings is 1. The van der Waals surface area contributed by atoms with Gasteiger partial charge in [0.05, 0.1) is 29.6 Å². The molecule has 0 aliphatic carbocycles. The molecule has 0 radical (unpaired) electrons. The highest BCUT2D eigenvalue weighted by molar-refractivity contribution is 6.30. The second kappa shape index (κ2) is 7.71. The molecule has 1 aliphatic rings. The Morgan fingerprint density at radius 1 is 1.07 bits per heavy atom. The van der Waals surface area contributed by atoms with Crippen LogP contribution in [0.4, 0.5) is 0 Å². The van der Waals surface area contributed by atoms with Gasteiger partial charge in [-0.25, -0.2) is 4.98 Å². The number of benzene rings is 1. The Kier molecular flexibility index (Phi) is 5.37. The summed E-state index contributed by atoms with van der Waals surface area (Å²) in [5.74, 6) is 1.84. The van der Waals surface area contributed by atoms with Crippen LogP contribution in [0.2, 0.25) is 5.02 Å². The van der Waals surface area contributed by atoms with Crippen LogP contribution in [-0.2, 0) is 4.74 Å². The lowest BCUT2D eigenvalue weighted by atomic mass is 9.79. The molecule has 0 saturated carbocycles. The Balaban J connectivity index is 1.85. The Morgan fingerprint density at radius 3 is 2.37 bits per heavy atom. The van der Waals surface area contributed by atoms with Crippen LogP contribution in [0.5, 0.6) is 5.75 Å². The van der Waals surface area contributed by atoms with Crippen molar-refractivity contribution >= 4 is 11.6 Å². The Hall–Kier alpha value is -2.37. The summed E-state index contributed by atoms with van der Waals surface area (Å²) in [5.41, 5.74) is 2.48. The molecule has 2 aromatic heterocycles. The molecular weight excluding hydrogens is 398 g/mol. The van der Waals surface area contributed by atoms with Crippen molar-refractivity contribution < 1.29 is 9.47 Å². The van der Waals surface area contributed by atoms with E-state index in [1.807, 2.05) is 30.3 Å². The Morgan fingerprint density at radius 2 is 1.73 bits per heavy atom. The summed E-state index contributed by atoms with van der Waals surface area (Å²) < 4.78 is 14.0. The number of imidazole rings is 1. The minimum absolute atomic E-state index is 0.206. The lowest BCUT2D eigenvalue weighted by Crippen LogP contribution is -2.44. The largest absolute Gasteiger partial charge is 0.496 e. The smallest absolute Gasteiger partial charge is 0.150 e. The number of hydrogen-bond donors (Lipinski definition) is 0. The van der Waals surface area contributed by atoms with E-state index in [0.717, 1.165) is 41.4 Å². The number of hydrogen-bond acceptors (Lipinski definition) is 4. The van der Waals surface area contributed by atoms with Crippen LogP contribution in [0, 0.1) is 0 Å². The van der Waals surface area contributed by atoms with Crippen molar-refractivity contribution in [3.63, 3.8) is 0 Å². The van der Waals surface area contributed by atoms with Gasteiger partial charge in [-0.15, -0.1) is 0 Å². The van der Waals surface area contributed by atoms with Crippen molar-refractivity contribution in [1.82, 2.24) is 14.5 Å². The van der Waals surface area contributed by atoms with Gasteiger partial charge in [-0.2, -0.15) is 0 Å². The zero-order valence-electron chi connectivity index (χ0n) is 18.1. The molecule has 4 rings (SSSR count). The van der Waals surface area contributed by atoms with Crippen LogP contribution in [-0.4, -0.2) is 32.8 Å². The first kappa shape index (κ1) is 20.9. The third-order valence-corrected chi connectivity index (χ3v) is 5.77. The highest BCUT2D eigenvalue weighted by Crippen LogP contribution is 2.44. The molecule has 1 aromatic carbocycles. The molecule has 0 atom stereocenters. The molecule has 0 amide bonds. The maximum atomic E-state index is 6.29. The van der Waals surface area contributed by atoms with Gasteiger partial charge in [0.25, 0.3) is 0 Å². The summed E-state index contributed by atoms with van der Waals surface area (Å²) >= 11 is 6.12. The molecule has 1 saturated heterocycles. The fraction of sp³-hybridized carbons (Fsp3) is 0.417. The molecular formula is C24H28ClN3O2. The summed E-state index contributed by atoms with van der Waals surface area (Å²) in [6.07, 6.45) is 7.49. The molecule has 3 heterocycles. The second-order valence-electron chi connectivity index (χ2n) is 9.14. The third kappa shape index (κ3) is 4.23. The van der Waals surface area contributed by atoms with E-state index >= 15 is 0 Å². The van der Waals surface area contributed by atoms with Gasteiger partial charge in [-0.05, 0) is 70.9 Å². The van der Waals surface area contributed by atoms with Gasteiger partial charge in [0.1, 0.15) is 11.6 Å². The quantitative estimate of drug-likeness (QED) is 0.510. The molecule has 0 unspecified atom stereocenters. The highest BCUT2D eigenvalue weighted by Gasteiger charge is 2.41. The number of nitrogens with zero attached hydrogens (tertiary/aromatic N) is 3. The van der Waals surface area contributed by atoms with Crippen molar-refractivity contribution in [2.75, 3.05) is 7.11 Å². The first-order valence-electron chi connectivity index (χ1n) is 10.2. The van der Waals surface area contributed by atoms with E-state index in [9.17, 15) is 0 Å². The molecule has 0 N–H and O–H groups in total. The average Bonchev–Trinajstić information content (AvgIpc) is 3.11. The number of rotatable bonds is 4. The van der Waals surface area contributed by atoms with Gasteiger partial charge in [-0.3, -0.25) is 9.55 Å². The molecule has 5 nitrogen and oxygen atoms in total. The van der Waals surface area contributed by atoms with Crippen molar-refractivity contribution in [3.05, 3.63) is 59.6 Å². The SMILES string of the molecule is COc1ccncc1-c1nc(C2CC(C)(C)OC(C)(C)C2)cn1-c1ccc(Cl)cc1. The van der Waals surface area contributed by atoms with Gasteiger partial charge >= 0.3 is 0 Å². The van der Waals surface area contributed by atoms with Crippen molar-refractivity contribution in [2.24, 2.45) is 0 Å². The molecule has 0 spiro atoms. The van der Waals surface area contributed by atoms with Crippen LogP contribution in [0.25, 0.3) is 17.1 Å². The lowest BCUT2D eigenvalue weighted by molar-refractivity contribution is -0.162. The molecule has 1 aliphatic heterocycles. The predicted octanol–water partition coefficient (Wildman–Crippen LogP) is 6.05. The van der Waals surface area contributed by atoms with Crippen molar-refractivity contribution in [3.8, 4) is 22.8 Å². The van der Waals surface area contributed by atoms with Crippen LogP contribution in [0.3, 0.4) is 0 Å². The van der Waals surface area contributed by atoms with Gasteiger partial charge in [-0.1, -0.05) is 11.6 Å². The van der Waals surface area contributed by atoms with Crippen molar-refractivity contribution in [2.45, 2.75) is 57.7 Å². The zero-order chi connectivity index (χ0) is 21.5. The van der Waals surface area contributed by atoms with E-state index in [-0.39, 0.29) is 11.2 Å². The first-order valence-corrected chi connectivity index (χ1v) is 10.6. The lowest BCUT2D eigenvalue weighted by Gasteiger charge is -2.45. The normalized spacial score (nSPS) is 18.3. The average molecular weight is 426 g/mol. The van der Waals surface area contributed by atoms with Gasteiger partial charge in [0.2, 0.25) is 0 Å². The van der Waals surface area contributed by atoms with Gasteiger partial charge in [0, 0.05) is 35.2 Å². The summed E-state index contributed by atoms with van der Waals surface area (Å²) in [7, 11) is 1.67. The van der Waals surface area contributed by atoms with Crippen molar-refractivity contribution in [1.29, 1.82) is 0 Å². The maximum Gasteiger partial charge on any atom is 0.150 e. The number of ether oxygens (including phenoxy) is 2. The fourth-order valence-corrected chi connectivity index (χ4v) is 4.74. The molecule has 3 aromatic rings. The van der Waals surface area contributed by atoms with E-state index in [1.165, 1.54) is 0 Å². The topological polar surface area (TPSA) is 49.2 Å². The standard InChI is InChI=1S/C24H28ClN3O2/c1-23(2)12-16(13-24(3,4)30-23)20-15-28(18-8-6-17(25)7-9-18)22(27-20)19-14-26-11-10-21(19)29-5/h6-11,14-16H,12-13H2,1-5H3. The monoisotopic (exact) mass is 425 g/mol.